The van der Waals surface area contributed by atoms with E-state index < -0.39 is 0 Å². The summed E-state index contributed by atoms with van der Waals surface area (Å²) in [5.41, 5.74) is 8.91. The van der Waals surface area contributed by atoms with Crippen LogP contribution in [0.5, 0.6) is 5.75 Å². The van der Waals surface area contributed by atoms with Gasteiger partial charge in [-0.1, -0.05) is 29.3 Å². The Morgan fingerprint density at radius 1 is 1.30 bits per heavy atom. The molecule has 0 spiro atoms. The number of aromatic amines is 1. The Bertz CT molecular complexity index is 1510. The molecule has 2 aromatic carbocycles. The van der Waals surface area contributed by atoms with Gasteiger partial charge in [0.15, 0.2) is 0 Å². The van der Waals surface area contributed by atoms with Crippen molar-refractivity contribution in [2.75, 3.05) is 0 Å². The highest BCUT2D eigenvalue weighted by atomic mass is 35.5. The molecular weight excluding hydrogens is 463 g/mol. The molecule has 2 heterocycles. The van der Waals surface area contributed by atoms with Crippen LogP contribution in [-0.2, 0) is 13.6 Å². The van der Waals surface area contributed by atoms with Crippen LogP contribution in [-0.4, -0.2) is 26.1 Å². The lowest BCUT2D eigenvalue weighted by atomic mass is 9.96. The molecule has 0 unspecified atom stereocenters. The number of aryl methyl sites for hydroxylation is 1. The van der Waals surface area contributed by atoms with E-state index in [9.17, 15) is 10.1 Å². The predicted octanol–water partition coefficient (Wildman–Crippen LogP) is 4.17. The van der Waals surface area contributed by atoms with E-state index in [4.69, 9.17) is 33.7 Å². The fourth-order valence-electron chi connectivity index (χ4n) is 3.88. The lowest BCUT2D eigenvalue weighted by Crippen LogP contribution is -2.13. The third-order valence-corrected chi connectivity index (χ3v) is 6.45. The Hall–Kier alpha value is -3.38. The van der Waals surface area contributed by atoms with E-state index in [2.05, 4.69) is 21.4 Å². The summed E-state index contributed by atoms with van der Waals surface area (Å²) in [6, 6.07) is 9.18. The van der Waals surface area contributed by atoms with Gasteiger partial charge in [0, 0.05) is 36.2 Å². The van der Waals surface area contributed by atoms with Crippen LogP contribution in [0.15, 0.2) is 35.3 Å². The molecule has 8 nitrogen and oxygen atoms in total. The molecule has 1 saturated carbocycles. The van der Waals surface area contributed by atoms with Crippen LogP contribution in [0.3, 0.4) is 0 Å². The van der Waals surface area contributed by atoms with Crippen molar-refractivity contribution in [1.29, 1.82) is 5.26 Å². The first kappa shape index (κ1) is 21.5. The summed E-state index contributed by atoms with van der Waals surface area (Å²) in [6.07, 6.45) is 3.63. The molecule has 4 aromatic rings. The monoisotopic (exact) mass is 480 g/mol. The maximum atomic E-state index is 12.2. The molecule has 1 fully saturated rings. The van der Waals surface area contributed by atoms with Crippen molar-refractivity contribution in [3.63, 3.8) is 0 Å². The molecule has 0 atom stereocenters. The van der Waals surface area contributed by atoms with Gasteiger partial charge in [0.05, 0.1) is 39.1 Å². The first-order valence-electron chi connectivity index (χ1n) is 10.3. The van der Waals surface area contributed by atoms with Crippen molar-refractivity contribution in [1.82, 2.24) is 20.0 Å². The van der Waals surface area contributed by atoms with Gasteiger partial charge in [0.25, 0.3) is 5.56 Å². The fraction of sp³-hybridized carbons (Fsp3) is 0.217. The summed E-state index contributed by atoms with van der Waals surface area (Å²) in [5.74, 6) is 0.399. The number of nitrogens with two attached hydrogens (primary N) is 1. The summed E-state index contributed by atoms with van der Waals surface area (Å²) in [4.78, 5) is 12.2. The van der Waals surface area contributed by atoms with Gasteiger partial charge in [-0.05, 0) is 30.5 Å². The van der Waals surface area contributed by atoms with Gasteiger partial charge in [0.2, 0.25) is 0 Å². The molecule has 0 amide bonds. The summed E-state index contributed by atoms with van der Waals surface area (Å²) in [6.45, 7) is 0.164. The maximum absolute atomic E-state index is 12.2. The third kappa shape index (κ3) is 3.64. The molecule has 10 heteroatoms. The second kappa shape index (κ2) is 8.19. The van der Waals surface area contributed by atoms with Gasteiger partial charge in [-0.2, -0.15) is 15.5 Å². The second-order valence-electron chi connectivity index (χ2n) is 7.84. The van der Waals surface area contributed by atoms with Crippen LogP contribution in [0.25, 0.3) is 33.2 Å². The SMILES string of the molecule is Cn1ncc(-c2ccc3c(=O)[nH]nc(CN)c3c2)c1-c1c(Cl)c(Cl)cc(OC2CC2)c1C#N. The summed E-state index contributed by atoms with van der Waals surface area (Å²) < 4.78 is 7.59. The minimum absolute atomic E-state index is 0.0777. The number of nitrogens with zero attached hydrogens (tertiary/aromatic N) is 4. The Labute approximate surface area is 198 Å². The van der Waals surface area contributed by atoms with Crippen molar-refractivity contribution in [2.24, 2.45) is 12.8 Å². The topological polar surface area (TPSA) is 123 Å². The quantitative estimate of drug-likeness (QED) is 0.441. The zero-order valence-electron chi connectivity index (χ0n) is 17.5. The highest BCUT2D eigenvalue weighted by molar-refractivity contribution is 6.44. The molecule has 1 aliphatic rings. The van der Waals surface area contributed by atoms with Crippen molar-refractivity contribution in [3.8, 4) is 34.2 Å². The Morgan fingerprint density at radius 3 is 2.79 bits per heavy atom. The first-order chi connectivity index (χ1) is 15.9. The maximum Gasteiger partial charge on any atom is 0.272 e. The van der Waals surface area contributed by atoms with E-state index in [1.165, 1.54) is 0 Å². The number of benzene rings is 2. The molecule has 3 N–H and O–H groups in total. The molecule has 0 bridgehead atoms. The summed E-state index contributed by atoms with van der Waals surface area (Å²) >= 11 is 13.1. The Morgan fingerprint density at radius 2 is 2.09 bits per heavy atom. The number of hydrogen-bond acceptors (Lipinski definition) is 6. The minimum Gasteiger partial charge on any atom is -0.489 e. The molecule has 0 aliphatic heterocycles. The number of halogens is 2. The van der Waals surface area contributed by atoms with Crippen LogP contribution < -0.4 is 16.0 Å². The van der Waals surface area contributed by atoms with E-state index in [-0.39, 0.29) is 28.3 Å². The number of ether oxygens (including phenoxy) is 1. The lowest BCUT2D eigenvalue weighted by molar-refractivity contribution is 0.302. The third-order valence-electron chi connectivity index (χ3n) is 5.66. The molecule has 1 aliphatic carbocycles. The van der Waals surface area contributed by atoms with Gasteiger partial charge in [-0.25, -0.2) is 5.10 Å². The Balaban J connectivity index is 1.76. The predicted molar refractivity (Wildman–Crippen MR) is 126 cm³/mol. The van der Waals surface area contributed by atoms with E-state index in [0.717, 1.165) is 18.4 Å². The molecule has 0 saturated heterocycles. The van der Waals surface area contributed by atoms with Crippen LogP contribution in [0.4, 0.5) is 0 Å². The van der Waals surface area contributed by atoms with Crippen LogP contribution in [0.2, 0.25) is 10.0 Å². The summed E-state index contributed by atoms with van der Waals surface area (Å²) in [5, 5.41) is 22.6. The molecule has 0 radical (unpaired) electrons. The van der Waals surface area contributed by atoms with E-state index in [1.54, 1.807) is 30.1 Å². The van der Waals surface area contributed by atoms with E-state index >= 15 is 0 Å². The van der Waals surface area contributed by atoms with Gasteiger partial charge < -0.3 is 10.5 Å². The number of fused-ring (bicyclic) bond motifs is 1. The first-order valence-corrected chi connectivity index (χ1v) is 11.0. The largest absolute Gasteiger partial charge is 0.489 e. The number of H-pyrrole nitrogens is 1. The van der Waals surface area contributed by atoms with E-state index in [1.807, 2.05) is 12.1 Å². The highest BCUT2D eigenvalue weighted by Gasteiger charge is 2.29. The van der Waals surface area contributed by atoms with Crippen LogP contribution >= 0.6 is 23.2 Å². The molecule has 5 rings (SSSR count). The second-order valence-corrected chi connectivity index (χ2v) is 8.63. The van der Waals surface area contributed by atoms with Crippen molar-refractivity contribution < 1.29 is 4.74 Å². The fourth-order valence-corrected chi connectivity index (χ4v) is 4.31. The number of aromatic nitrogens is 4. The van der Waals surface area contributed by atoms with Crippen LogP contribution in [0, 0.1) is 11.3 Å². The average molecular weight is 481 g/mol. The van der Waals surface area contributed by atoms with Crippen molar-refractivity contribution in [2.45, 2.75) is 25.5 Å². The molecule has 33 heavy (non-hydrogen) atoms. The standard InChI is InChI=1S/C23H18Cl2N6O2/c1-31-22(20-15(8-26)19(33-12-3-4-12)7-17(24)21(20)25)16(10-28-31)11-2-5-13-14(6-11)18(9-27)29-30-23(13)32/h2,5-7,10,12H,3-4,9,27H2,1H3,(H,30,32). The molecule has 166 valence electrons. The Kier molecular flexibility index (Phi) is 5.33. The van der Waals surface area contributed by atoms with Gasteiger partial charge >= 0.3 is 0 Å². The number of hydrogen-bond donors (Lipinski definition) is 2. The van der Waals surface area contributed by atoms with Gasteiger partial charge in [-0.3, -0.25) is 9.48 Å². The van der Waals surface area contributed by atoms with Crippen molar-refractivity contribution >= 4 is 34.0 Å². The van der Waals surface area contributed by atoms with Crippen LogP contribution in [0.1, 0.15) is 24.1 Å². The zero-order chi connectivity index (χ0) is 23.3. The number of rotatable bonds is 5. The lowest BCUT2D eigenvalue weighted by Gasteiger charge is -2.16. The smallest absolute Gasteiger partial charge is 0.272 e. The molecular formula is C23H18Cl2N6O2. The zero-order valence-corrected chi connectivity index (χ0v) is 19.0. The minimum atomic E-state index is -0.299. The normalized spacial score (nSPS) is 13.3. The number of nitriles is 1. The van der Waals surface area contributed by atoms with E-state index in [0.29, 0.717) is 44.6 Å². The highest BCUT2D eigenvalue weighted by Crippen LogP contribution is 2.45. The number of nitrogens with one attached hydrogen (secondary N) is 1. The molecule has 2 aromatic heterocycles. The average Bonchev–Trinajstić information content (AvgIpc) is 3.55. The summed E-state index contributed by atoms with van der Waals surface area (Å²) in [7, 11) is 1.76. The van der Waals surface area contributed by atoms with Crippen molar-refractivity contribution in [3.05, 3.63) is 62.1 Å². The van der Waals surface area contributed by atoms with Gasteiger partial charge in [-0.15, -0.1) is 0 Å². The van der Waals surface area contributed by atoms with Gasteiger partial charge in [0.1, 0.15) is 17.4 Å².